The Balaban J connectivity index is 1.51. The van der Waals surface area contributed by atoms with Crippen molar-refractivity contribution >= 4 is 29.1 Å². The second-order valence-electron chi connectivity index (χ2n) is 8.13. The fourth-order valence-corrected chi connectivity index (χ4v) is 3.91. The molecular formula is C25H29N5OS. The van der Waals surface area contributed by atoms with Gasteiger partial charge in [0.1, 0.15) is 11.6 Å². The van der Waals surface area contributed by atoms with Crippen LogP contribution in [0.25, 0.3) is 0 Å². The minimum absolute atomic E-state index is 0.419. The van der Waals surface area contributed by atoms with Crippen molar-refractivity contribution < 1.29 is 4.74 Å². The number of ether oxygens (including phenoxy) is 1. The van der Waals surface area contributed by atoms with E-state index in [1.54, 1.807) is 0 Å². The van der Waals surface area contributed by atoms with E-state index in [0.29, 0.717) is 29.5 Å². The molecule has 6 nitrogen and oxygen atoms in total. The number of nitrogens with zero attached hydrogens (tertiary/aromatic N) is 3. The number of anilines is 2. The molecule has 0 amide bonds. The van der Waals surface area contributed by atoms with Crippen LogP contribution in [0.15, 0.2) is 60.7 Å². The Morgan fingerprint density at radius 1 is 1.09 bits per heavy atom. The van der Waals surface area contributed by atoms with E-state index < -0.39 is 0 Å². The number of rotatable bonds is 6. The van der Waals surface area contributed by atoms with Crippen LogP contribution < -0.4 is 20.3 Å². The van der Waals surface area contributed by atoms with Crippen molar-refractivity contribution in [1.29, 1.82) is 0 Å². The second-order valence-corrected chi connectivity index (χ2v) is 8.54. The molecule has 0 bridgehead atoms. The molecule has 1 aromatic heterocycles. The number of benzene rings is 2. The summed E-state index contributed by atoms with van der Waals surface area (Å²) in [5.41, 5.74) is 2.39. The number of thiocarbonyl (C=S) groups is 1. The molecule has 1 saturated heterocycles. The molecule has 166 valence electrons. The average molecular weight is 448 g/mol. The highest BCUT2D eigenvalue weighted by Gasteiger charge is 2.21. The molecule has 0 radical (unpaired) electrons. The van der Waals surface area contributed by atoms with Gasteiger partial charge in [0.05, 0.1) is 0 Å². The van der Waals surface area contributed by atoms with Gasteiger partial charge in [-0.05, 0) is 63.0 Å². The van der Waals surface area contributed by atoms with E-state index in [9.17, 15) is 0 Å². The molecule has 1 fully saturated rings. The number of hydrogen-bond donors (Lipinski definition) is 2. The summed E-state index contributed by atoms with van der Waals surface area (Å²) in [6.07, 6.45) is 3.55. The Morgan fingerprint density at radius 2 is 1.88 bits per heavy atom. The normalized spacial score (nSPS) is 15.8. The lowest BCUT2D eigenvalue weighted by Crippen LogP contribution is -2.38. The molecule has 7 heteroatoms. The Kier molecular flexibility index (Phi) is 7.17. The van der Waals surface area contributed by atoms with E-state index in [2.05, 4.69) is 58.6 Å². The van der Waals surface area contributed by atoms with Crippen molar-refractivity contribution in [2.75, 3.05) is 16.8 Å². The first-order chi connectivity index (χ1) is 15.6. The fraction of sp³-hybridized carbons (Fsp3) is 0.320. The fourth-order valence-electron chi connectivity index (χ4n) is 3.75. The predicted molar refractivity (Wildman–Crippen MR) is 133 cm³/mol. The Morgan fingerprint density at radius 3 is 2.62 bits per heavy atom. The first-order valence-corrected chi connectivity index (χ1v) is 11.5. The van der Waals surface area contributed by atoms with E-state index in [0.717, 1.165) is 36.5 Å². The number of para-hydroxylation sites is 1. The number of piperidine rings is 1. The van der Waals surface area contributed by atoms with E-state index >= 15 is 0 Å². The van der Waals surface area contributed by atoms with Gasteiger partial charge in [-0.1, -0.05) is 48.0 Å². The summed E-state index contributed by atoms with van der Waals surface area (Å²) in [7, 11) is 0. The highest BCUT2D eigenvalue weighted by Crippen LogP contribution is 2.28. The van der Waals surface area contributed by atoms with Gasteiger partial charge >= 0.3 is 0 Å². The molecule has 2 heterocycles. The Hall–Kier alpha value is -3.19. The molecular weight excluding hydrogens is 418 g/mol. The monoisotopic (exact) mass is 447 g/mol. The van der Waals surface area contributed by atoms with Gasteiger partial charge in [0.15, 0.2) is 5.11 Å². The smallest absolute Gasteiger partial charge is 0.234 e. The van der Waals surface area contributed by atoms with Crippen LogP contribution >= 0.6 is 12.2 Å². The number of aromatic nitrogens is 2. The summed E-state index contributed by atoms with van der Waals surface area (Å²) in [6.45, 7) is 5.91. The lowest BCUT2D eigenvalue weighted by Gasteiger charge is -2.34. The third kappa shape index (κ3) is 5.95. The number of nitrogens with one attached hydrogen (secondary N) is 2. The van der Waals surface area contributed by atoms with Gasteiger partial charge in [0.25, 0.3) is 0 Å². The minimum atomic E-state index is 0.419. The summed E-state index contributed by atoms with van der Waals surface area (Å²) < 4.78 is 6.03. The molecule has 1 aliphatic rings. The van der Waals surface area contributed by atoms with Crippen molar-refractivity contribution in [3.8, 4) is 11.6 Å². The molecule has 2 N–H and O–H groups in total. The standard InChI is InChI=1S/C25H29N5OS/c1-18-11-13-20(14-12-18)17-26-25(32)29-24-27-22(30-15-7-6-8-19(30)2)16-23(28-24)31-21-9-4-3-5-10-21/h3-5,9-14,16,19H,6-8,15,17H2,1-2H3,(H2,26,27,28,29,32)/t19-/m0/s1. The molecule has 0 aliphatic carbocycles. The van der Waals surface area contributed by atoms with Crippen molar-refractivity contribution in [3.05, 3.63) is 71.8 Å². The van der Waals surface area contributed by atoms with Crippen LogP contribution in [0, 0.1) is 6.92 Å². The first-order valence-electron chi connectivity index (χ1n) is 11.1. The lowest BCUT2D eigenvalue weighted by molar-refractivity contribution is 0.457. The zero-order chi connectivity index (χ0) is 22.3. The van der Waals surface area contributed by atoms with Gasteiger partial charge in [0, 0.05) is 25.2 Å². The number of hydrogen-bond acceptors (Lipinski definition) is 5. The lowest BCUT2D eigenvalue weighted by atomic mass is 10.0. The van der Waals surface area contributed by atoms with Crippen molar-refractivity contribution in [2.45, 2.75) is 45.7 Å². The molecule has 2 aromatic carbocycles. The minimum Gasteiger partial charge on any atom is -0.439 e. The summed E-state index contributed by atoms with van der Waals surface area (Å²) in [6, 6.07) is 20.3. The van der Waals surface area contributed by atoms with Crippen molar-refractivity contribution in [2.24, 2.45) is 0 Å². The maximum Gasteiger partial charge on any atom is 0.234 e. The van der Waals surface area contributed by atoms with E-state index in [4.69, 9.17) is 21.9 Å². The van der Waals surface area contributed by atoms with Gasteiger partial charge in [-0.15, -0.1) is 0 Å². The third-order valence-corrected chi connectivity index (χ3v) is 5.80. The Labute approximate surface area is 195 Å². The van der Waals surface area contributed by atoms with Crippen molar-refractivity contribution in [1.82, 2.24) is 15.3 Å². The maximum absolute atomic E-state index is 6.03. The van der Waals surface area contributed by atoms with Gasteiger partial charge in [-0.2, -0.15) is 9.97 Å². The van der Waals surface area contributed by atoms with Gasteiger partial charge in [0.2, 0.25) is 11.8 Å². The average Bonchev–Trinajstić information content (AvgIpc) is 2.79. The highest BCUT2D eigenvalue weighted by molar-refractivity contribution is 7.80. The summed E-state index contributed by atoms with van der Waals surface area (Å²) >= 11 is 5.50. The molecule has 0 saturated carbocycles. The summed E-state index contributed by atoms with van der Waals surface area (Å²) in [5, 5.41) is 6.84. The van der Waals surface area contributed by atoms with Crippen LogP contribution in [0.3, 0.4) is 0 Å². The quantitative estimate of drug-likeness (QED) is 0.488. The maximum atomic E-state index is 6.03. The van der Waals surface area contributed by atoms with Crippen LogP contribution in [-0.2, 0) is 6.54 Å². The molecule has 1 atom stereocenters. The van der Waals surface area contributed by atoms with Crippen LogP contribution in [0.2, 0.25) is 0 Å². The topological polar surface area (TPSA) is 62.3 Å². The van der Waals surface area contributed by atoms with E-state index in [1.807, 2.05) is 36.4 Å². The summed E-state index contributed by atoms with van der Waals surface area (Å²) in [5.74, 6) is 2.49. The molecule has 4 rings (SSSR count). The Bertz CT molecular complexity index is 1040. The van der Waals surface area contributed by atoms with Crippen LogP contribution in [0.1, 0.15) is 37.3 Å². The predicted octanol–water partition coefficient (Wildman–Crippen LogP) is 5.44. The molecule has 0 unspecified atom stereocenters. The van der Waals surface area contributed by atoms with Crippen LogP contribution in [-0.4, -0.2) is 27.7 Å². The second kappa shape index (κ2) is 10.4. The van der Waals surface area contributed by atoms with Crippen LogP contribution in [0.5, 0.6) is 11.6 Å². The highest BCUT2D eigenvalue weighted by atomic mass is 32.1. The molecule has 32 heavy (non-hydrogen) atoms. The zero-order valence-corrected chi connectivity index (χ0v) is 19.4. The molecule has 1 aliphatic heterocycles. The SMILES string of the molecule is Cc1ccc(CNC(=S)Nc2nc(Oc3ccccc3)cc(N3CCCC[C@@H]3C)n2)cc1. The third-order valence-electron chi connectivity index (χ3n) is 5.55. The van der Waals surface area contributed by atoms with Crippen LogP contribution in [0.4, 0.5) is 11.8 Å². The first kappa shape index (κ1) is 22.0. The van der Waals surface area contributed by atoms with E-state index in [1.165, 1.54) is 12.0 Å². The van der Waals surface area contributed by atoms with Crippen molar-refractivity contribution in [3.63, 3.8) is 0 Å². The van der Waals surface area contributed by atoms with E-state index in [-0.39, 0.29) is 0 Å². The zero-order valence-electron chi connectivity index (χ0n) is 18.5. The van der Waals surface area contributed by atoms with Gasteiger partial charge in [-0.25, -0.2) is 0 Å². The largest absolute Gasteiger partial charge is 0.439 e. The molecule has 3 aromatic rings. The summed E-state index contributed by atoms with van der Waals surface area (Å²) in [4.78, 5) is 11.6. The number of aryl methyl sites for hydroxylation is 1. The van der Waals surface area contributed by atoms with Gasteiger partial charge in [-0.3, -0.25) is 0 Å². The molecule has 0 spiro atoms. The van der Waals surface area contributed by atoms with Gasteiger partial charge < -0.3 is 20.3 Å².